The topological polar surface area (TPSA) is 92.4 Å². The molecule has 0 aliphatic carbocycles. The van der Waals surface area contributed by atoms with Crippen molar-refractivity contribution in [1.82, 2.24) is 9.78 Å². The van der Waals surface area contributed by atoms with E-state index in [9.17, 15) is 26.4 Å². The van der Waals surface area contributed by atoms with Crippen LogP contribution < -0.4 is 29.6 Å². The van der Waals surface area contributed by atoms with Crippen LogP contribution in [0.1, 0.15) is 18.2 Å². The average molecular weight is 475 g/mol. The fourth-order valence-electron chi connectivity index (χ4n) is 2.71. The average Bonchev–Trinajstić information content (AvgIpc) is 3.14. The van der Waals surface area contributed by atoms with Crippen LogP contribution in [0.15, 0.2) is 59.5 Å². The van der Waals surface area contributed by atoms with Crippen molar-refractivity contribution in [2.75, 3.05) is 6.61 Å². The first-order chi connectivity index (χ1) is 14.5. The SMILES string of the molecule is CCOC(=O)[N-]S(=O)(=O)c1ccc(-n2nc(C(F)(F)F)cc2-c2ccc(C)cc2)cc1.[Na+]. The van der Waals surface area contributed by atoms with Crippen molar-refractivity contribution in [2.45, 2.75) is 24.9 Å². The number of benzene rings is 2. The van der Waals surface area contributed by atoms with Gasteiger partial charge in [0, 0.05) is 5.56 Å². The molecule has 0 aliphatic rings. The number of amides is 1. The molecule has 12 heteroatoms. The van der Waals surface area contributed by atoms with E-state index >= 15 is 0 Å². The van der Waals surface area contributed by atoms with Crippen LogP contribution in [0.5, 0.6) is 0 Å². The Balaban J connectivity index is 0.00000363. The number of rotatable bonds is 5. The van der Waals surface area contributed by atoms with E-state index in [2.05, 4.69) is 14.6 Å². The third-order valence-corrected chi connectivity index (χ3v) is 5.45. The Hall–Kier alpha value is -2.34. The van der Waals surface area contributed by atoms with Crippen LogP contribution in [-0.4, -0.2) is 30.9 Å². The van der Waals surface area contributed by atoms with Gasteiger partial charge in [-0.15, -0.1) is 0 Å². The fraction of sp³-hybridized carbons (Fsp3) is 0.200. The smallest absolute Gasteiger partial charge is 0.506 e. The molecule has 1 heterocycles. The van der Waals surface area contributed by atoms with Crippen molar-refractivity contribution >= 4 is 16.1 Å². The summed E-state index contributed by atoms with van der Waals surface area (Å²) in [5.74, 6) is 0. The van der Waals surface area contributed by atoms with E-state index in [0.29, 0.717) is 5.56 Å². The molecule has 0 atom stereocenters. The number of aromatic nitrogens is 2. The molecular weight excluding hydrogens is 458 g/mol. The molecule has 1 aromatic heterocycles. The van der Waals surface area contributed by atoms with E-state index in [1.54, 1.807) is 24.3 Å². The molecular formula is C20H17F3N3NaO4S. The number of nitrogens with zero attached hydrogens (tertiary/aromatic N) is 3. The van der Waals surface area contributed by atoms with Crippen molar-refractivity contribution in [3.8, 4) is 16.9 Å². The third-order valence-electron chi connectivity index (χ3n) is 4.19. The van der Waals surface area contributed by atoms with Crippen LogP contribution in [0.3, 0.4) is 0 Å². The van der Waals surface area contributed by atoms with Gasteiger partial charge in [0.15, 0.2) is 5.69 Å². The standard InChI is InChI=1S/C20H18F3N3O4S.Na/c1-3-30-19(27)25-31(28,29)16-10-8-15(9-11-16)26-17(12-18(24-26)20(21,22)23)14-6-4-13(2)5-7-14;/h4-12H,3H2,1-2H3,(H,25,27);/q;+1/p-1. The van der Waals surface area contributed by atoms with Crippen LogP contribution in [0, 0.1) is 6.92 Å². The molecule has 7 nitrogen and oxygen atoms in total. The minimum Gasteiger partial charge on any atom is -0.506 e. The molecule has 3 aromatic rings. The molecule has 1 amide bonds. The van der Waals surface area contributed by atoms with Crippen molar-refractivity contribution in [1.29, 1.82) is 0 Å². The van der Waals surface area contributed by atoms with E-state index in [-0.39, 0.29) is 52.4 Å². The zero-order valence-electron chi connectivity index (χ0n) is 17.4. The van der Waals surface area contributed by atoms with Crippen molar-refractivity contribution in [3.05, 3.63) is 70.6 Å². The molecule has 0 aliphatic heterocycles. The summed E-state index contributed by atoms with van der Waals surface area (Å²) in [5.41, 5.74) is 0.728. The van der Waals surface area contributed by atoms with Crippen LogP contribution >= 0.6 is 0 Å². The summed E-state index contributed by atoms with van der Waals surface area (Å²) in [5, 5.41) is 3.66. The monoisotopic (exact) mass is 475 g/mol. The summed E-state index contributed by atoms with van der Waals surface area (Å²) in [6.45, 7) is 3.31. The number of aryl methyl sites for hydroxylation is 1. The number of alkyl halides is 3. The normalized spacial score (nSPS) is 11.5. The molecule has 0 N–H and O–H groups in total. The Morgan fingerprint density at radius 2 is 1.69 bits per heavy atom. The van der Waals surface area contributed by atoms with Crippen LogP contribution in [0.2, 0.25) is 0 Å². The molecule has 0 saturated heterocycles. The van der Waals surface area contributed by atoms with Gasteiger partial charge in [0.05, 0.1) is 22.9 Å². The predicted octanol–water partition coefficient (Wildman–Crippen LogP) is 2.09. The Bertz CT molecular complexity index is 1190. The first kappa shape index (κ1) is 25.9. The molecule has 0 fully saturated rings. The Morgan fingerprint density at radius 1 is 1.09 bits per heavy atom. The van der Waals surface area contributed by atoms with Crippen LogP contribution in [-0.2, 0) is 20.9 Å². The van der Waals surface area contributed by atoms with Gasteiger partial charge in [-0.05, 0) is 44.2 Å². The summed E-state index contributed by atoms with van der Waals surface area (Å²) in [7, 11) is -4.32. The Morgan fingerprint density at radius 3 is 2.22 bits per heavy atom. The van der Waals surface area contributed by atoms with Gasteiger partial charge >= 0.3 is 35.7 Å². The molecule has 0 spiro atoms. The number of hydrogen-bond donors (Lipinski definition) is 0. The van der Waals surface area contributed by atoms with Crippen molar-refractivity contribution in [3.63, 3.8) is 0 Å². The third kappa shape index (κ3) is 5.91. The molecule has 0 bridgehead atoms. The molecule has 0 unspecified atom stereocenters. The van der Waals surface area contributed by atoms with Crippen LogP contribution in [0.25, 0.3) is 21.7 Å². The number of carbonyl (C=O) groups excluding carboxylic acids is 1. The number of carbonyl (C=O) groups is 1. The molecule has 0 radical (unpaired) electrons. The molecule has 32 heavy (non-hydrogen) atoms. The zero-order valence-corrected chi connectivity index (χ0v) is 20.2. The van der Waals surface area contributed by atoms with E-state index in [1.165, 1.54) is 19.1 Å². The fourth-order valence-corrected chi connectivity index (χ4v) is 3.54. The van der Waals surface area contributed by atoms with E-state index in [4.69, 9.17) is 0 Å². The van der Waals surface area contributed by atoms with Gasteiger partial charge in [0.25, 0.3) is 0 Å². The predicted molar refractivity (Wildman–Crippen MR) is 106 cm³/mol. The van der Waals surface area contributed by atoms with E-state index in [1.807, 2.05) is 6.92 Å². The van der Waals surface area contributed by atoms with Gasteiger partial charge in [0.1, 0.15) is 10.0 Å². The number of ether oxygens (including phenoxy) is 1. The van der Waals surface area contributed by atoms with Crippen LogP contribution in [0.4, 0.5) is 18.0 Å². The first-order valence-electron chi connectivity index (χ1n) is 9.01. The summed E-state index contributed by atoms with van der Waals surface area (Å²) >= 11 is 0. The quantitative estimate of drug-likeness (QED) is 0.527. The van der Waals surface area contributed by atoms with Gasteiger partial charge < -0.3 is 9.46 Å². The number of halogens is 3. The summed E-state index contributed by atoms with van der Waals surface area (Å²) in [6.07, 6.45) is -5.91. The molecule has 164 valence electrons. The van der Waals surface area contributed by atoms with E-state index in [0.717, 1.165) is 28.4 Å². The maximum atomic E-state index is 13.3. The largest absolute Gasteiger partial charge is 1.00 e. The Labute approximate surface area is 204 Å². The summed E-state index contributed by atoms with van der Waals surface area (Å²) < 4.78 is 72.8. The first-order valence-corrected chi connectivity index (χ1v) is 10.4. The second-order valence-electron chi connectivity index (χ2n) is 6.45. The van der Waals surface area contributed by atoms with Crippen molar-refractivity contribution < 1.29 is 60.7 Å². The van der Waals surface area contributed by atoms with E-state index < -0.39 is 28.0 Å². The minimum atomic E-state index is -4.66. The minimum absolute atomic E-state index is 0. The van der Waals surface area contributed by atoms with Gasteiger partial charge in [-0.25, -0.2) is 13.1 Å². The second-order valence-corrected chi connectivity index (χ2v) is 8.05. The Kier molecular flexibility index (Phi) is 8.16. The number of hydrogen-bond acceptors (Lipinski definition) is 5. The second kappa shape index (κ2) is 10.1. The van der Waals surface area contributed by atoms with Crippen molar-refractivity contribution in [2.24, 2.45) is 0 Å². The summed E-state index contributed by atoms with van der Waals surface area (Å²) in [6, 6.07) is 12.6. The van der Waals surface area contributed by atoms with Gasteiger partial charge in [-0.3, -0.25) is 4.79 Å². The molecule has 2 aromatic carbocycles. The maximum absolute atomic E-state index is 13.3. The number of sulfonamides is 1. The van der Waals surface area contributed by atoms with Gasteiger partial charge in [-0.2, -0.15) is 18.3 Å². The molecule has 0 saturated carbocycles. The summed E-state index contributed by atoms with van der Waals surface area (Å²) in [4.78, 5) is 11.0. The van der Waals surface area contributed by atoms with Gasteiger partial charge in [0.2, 0.25) is 6.09 Å². The van der Waals surface area contributed by atoms with Gasteiger partial charge in [-0.1, -0.05) is 29.8 Å². The zero-order chi connectivity index (χ0) is 22.8. The molecule has 3 rings (SSSR count). The maximum Gasteiger partial charge on any atom is 1.00 e.